The molecule has 0 spiro atoms. The summed E-state index contributed by atoms with van der Waals surface area (Å²) in [5, 5.41) is 6.85. The summed E-state index contributed by atoms with van der Waals surface area (Å²) in [6.45, 7) is 6.91. The van der Waals surface area contributed by atoms with Crippen molar-refractivity contribution in [1.29, 1.82) is 0 Å². The van der Waals surface area contributed by atoms with E-state index in [9.17, 15) is 0 Å². The number of hydrogen-bond donors (Lipinski definition) is 1. The molecular formula is C13H15NS. The average Bonchev–Trinajstić information content (AvgIpc) is 2.64. The molecule has 1 heterocycles. The third-order valence-corrected chi connectivity index (χ3v) is 3.23. The van der Waals surface area contributed by atoms with Crippen LogP contribution in [0.4, 0.5) is 5.69 Å². The van der Waals surface area contributed by atoms with Crippen LogP contribution in [0.25, 0.3) is 10.1 Å². The number of rotatable bonds is 4. The lowest BCUT2D eigenvalue weighted by atomic mass is 10.2. The molecular weight excluding hydrogens is 202 g/mol. The fraction of sp³-hybridized carbons (Fsp3) is 0.231. The molecule has 0 aliphatic rings. The van der Waals surface area contributed by atoms with Gasteiger partial charge < -0.3 is 5.32 Å². The Morgan fingerprint density at radius 3 is 3.07 bits per heavy atom. The SMILES string of the molecule is C=C(C)CCNc1ccc2sccc2c1. The van der Waals surface area contributed by atoms with Gasteiger partial charge in [-0.3, -0.25) is 0 Å². The molecule has 0 atom stereocenters. The van der Waals surface area contributed by atoms with E-state index in [4.69, 9.17) is 0 Å². The van der Waals surface area contributed by atoms with Crippen molar-refractivity contribution in [3.63, 3.8) is 0 Å². The molecule has 0 aliphatic carbocycles. The Morgan fingerprint density at radius 2 is 2.27 bits per heavy atom. The van der Waals surface area contributed by atoms with Crippen LogP contribution in [0, 0.1) is 0 Å². The number of nitrogens with one attached hydrogen (secondary N) is 1. The van der Waals surface area contributed by atoms with Crippen molar-refractivity contribution in [1.82, 2.24) is 0 Å². The van der Waals surface area contributed by atoms with Crippen LogP contribution in [0.2, 0.25) is 0 Å². The van der Waals surface area contributed by atoms with Gasteiger partial charge in [0.25, 0.3) is 0 Å². The molecule has 0 bridgehead atoms. The summed E-state index contributed by atoms with van der Waals surface area (Å²) in [7, 11) is 0. The first-order valence-electron chi connectivity index (χ1n) is 5.11. The van der Waals surface area contributed by atoms with Crippen LogP contribution in [0.5, 0.6) is 0 Å². The molecule has 78 valence electrons. The number of hydrogen-bond acceptors (Lipinski definition) is 2. The summed E-state index contributed by atoms with van der Waals surface area (Å²) in [5.74, 6) is 0. The van der Waals surface area contributed by atoms with Gasteiger partial charge in [0.2, 0.25) is 0 Å². The van der Waals surface area contributed by atoms with Crippen molar-refractivity contribution < 1.29 is 0 Å². The quantitative estimate of drug-likeness (QED) is 0.754. The van der Waals surface area contributed by atoms with Crippen molar-refractivity contribution in [3.05, 3.63) is 41.8 Å². The standard InChI is InChI=1S/C13H15NS/c1-10(2)5-7-14-12-3-4-13-11(9-12)6-8-15-13/h3-4,6,8-9,14H,1,5,7H2,2H3. The molecule has 0 saturated carbocycles. The summed E-state index contributed by atoms with van der Waals surface area (Å²) < 4.78 is 1.35. The van der Waals surface area contributed by atoms with Crippen molar-refractivity contribution in [3.8, 4) is 0 Å². The van der Waals surface area contributed by atoms with Crippen LogP contribution < -0.4 is 5.32 Å². The Bertz CT molecular complexity index is 470. The predicted octanol–water partition coefficient (Wildman–Crippen LogP) is 4.28. The summed E-state index contributed by atoms with van der Waals surface area (Å²) in [6, 6.07) is 8.66. The zero-order valence-electron chi connectivity index (χ0n) is 8.92. The molecule has 0 aliphatic heterocycles. The lowest BCUT2D eigenvalue weighted by Crippen LogP contribution is -2.00. The third-order valence-electron chi connectivity index (χ3n) is 2.33. The van der Waals surface area contributed by atoms with Gasteiger partial charge in [-0.05, 0) is 48.4 Å². The minimum absolute atomic E-state index is 0.963. The second kappa shape index (κ2) is 4.49. The molecule has 0 fully saturated rings. The molecule has 0 radical (unpaired) electrons. The van der Waals surface area contributed by atoms with E-state index in [0.717, 1.165) is 13.0 Å². The molecule has 2 heteroatoms. The maximum Gasteiger partial charge on any atom is 0.0347 e. The Labute approximate surface area is 94.4 Å². The zero-order valence-corrected chi connectivity index (χ0v) is 9.73. The molecule has 2 aromatic rings. The maximum absolute atomic E-state index is 3.89. The highest BCUT2D eigenvalue weighted by Crippen LogP contribution is 2.23. The van der Waals surface area contributed by atoms with Gasteiger partial charge in [-0.2, -0.15) is 0 Å². The third kappa shape index (κ3) is 2.60. The van der Waals surface area contributed by atoms with E-state index in [-0.39, 0.29) is 0 Å². The van der Waals surface area contributed by atoms with Gasteiger partial charge in [0.05, 0.1) is 0 Å². The van der Waals surface area contributed by atoms with Crippen molar-refractivity contribution in [2.75, 3.05) is 11.9 Å². The lowest BCUT2D eigenvalue weighted by molar-refractivity contribution is 1.00. The molecule has 1 aromatic heterocycles. The van der Waals surface area contributed by atoms with E-state index < -0.39 is 0 Å². The largest absolute Gasteiger partial charge is 0.385 e. The van der Waals surface area contributed by atoms with E-state index >= 15 is 0 Å². The first-order chi connectivity index (χ1) is 7.25. The molecule has 15 heavy (non-hydrogen) atoms. The van der Waals surface area contributed by atoms with Crippen molar-refractivity contribution in [2.45, 2.75) is 13.3 Å². The number of fused-ring (bicyclic) bond motifs is 1. The Morgan fingerprint density at radius 1 is 1.40 bits per heavy atom. The normalized spacial score (nSPS) is 10.5. The van der Waals surface area contributed by atoms with Gasteiger partial charge in [-0.25, -0.2) is 0 Å². The summed E-state index contributed by atoms with van der Waals surface area (Å²) in [4.78, 5) is 0. The Balaban J connectivity index is 2.04. The van der Waals surface area contributed by atoms with Crippen LogP contribution >= 0.6 is 11.3 Å². The topological polar surface area (TPSA) is 12.0 Å². The Kier molecular flexibility index (Phi) is 3.07. The molecule has 0 unspecified atom stereocenters. The molecule has 1 aromatic carbocycles. The van der Waals surface area contributed by atoms with E-state index in [1.165, 1.54) is 21.3 Å². The molecule has 0 amide bonds. The summed E-state index contributed by atoms with van der Waals surface area (Å²) in [5.41, 5.74) is 2.42. The molecule has 0 saturated heterocycles. The fourth-order valence-electron chi connectivity index (χ4n) is 1.50. The summed E-state index contributed by atoms with van der Waals surface area (Å²) in [6.07, 6.45) is 1.03. The second-order valence-corrected chi connectivity index (χ2v) is 4.75. The number of anilines is 1. The monoisotopic (exact) mass is 217 g/mol. The second-order valence-electron chi connectivity index (χ2n) is 3.81. The van der Waals surface area contributed by atoms with E-state index in [2.05, 4.69) is 48.5 Å². The van der Waals surface area contributed by atoms with Gasteiger partial charge in [-0.1, -0.05) is 5.57 Å². The predicted molar refractivity (Wildman–Crippen MR) is 69.7 cm³/mol. The van der Waals surface area contributed by atoms with Crippen molar-refractivity contribution >= 4 is 27.1 Å². The maximum atomic E-state index is 3.89. The number of benzene rings is 1. The molecule has 2 rings (SSSR count). The number of thiophene rings is 1. The van der Waals surface area contributed by atoms with Gasteiger partial charge in [0.1, 0.15) is 0 Å². The molecule has 1 N–H and O–H groups in total. The summed E-state index contributed by atoms with van der Waals surface area (Å²) >= 11 is 1.78. The average molecular weight is 217 g/mol. The van der Waals surface area contributed by atoms with Gasteiger partial charge in [-0.15, -0.1) is 17.9 Å². The van der Waals surface area contributed by atoms with Crippen LogP contribution in [-0.2, 0) is 0 Å². The van der Waals surface area contributed by atoms with E-state index in [1.54, 1.807) is 11.3 Å². The van der Waals surface area contributed by atoms with Crippen LogP contribution in [0.1, 0.15) is 13.3 Å². The molecule has 1 nitrogen and oxygen atoms in total. The van der Waals surface area contributed by atoms with Crippen molar-refractivity contribution in [2.24, 2.45) is 0 Å². The van der Waals surface area contributed by atoms with Crippen LogP contribution in [0.3, 0.4) is 0 Å². The van der Waals surface area contributed by atoms with Gasteiger partial charge in [0.15, 0.2) is 0 Å². The zero-order chi connectivity index (χ0) is 10.7. The Hall–Kier alpha value is -1.28. The van der Waals surface area contributed by atoms with Gasteiger partial charge >= 0.3 is 0 Å². The van der Waals surface area contributed by atoms with Crippen LogP contribution in [0.15, 0.2) is 41.8 Å². The van der Waals surface area contributed by atoms with E-state index in [0.29, 0.717) is 0 Å². The van der Waals surface area contributed by atoms with Gasteiger partial charge in [0, 0.05) is 16.9 Å². The first-order valence-corrected chi connectivity index (χ1v) is 5.99. The highest BCUT2D eigenvalue weighted by molar-refractivity contribution is 7.17. The highest BCUT2D eigenvalue weighted by atomic mass is 32.1. The van der Waals surface area contributed by atoms with E-state index in [1.807, 2.05) is 0 Å². The van der Waals surface area contributed by atoms with Crippen LogP contribution in [-0.4, -0.2) is 6.54 Å². The minimum atomic E-state index is 0.963. The smallest absolute Gasteiger partial charge is 0.0347 e. The fourth-order valence-corrected chi connectivity index (χ4v) is 2.27. The lowest BCUT2D eigenvalue weighted by Gasteiger charge is -2.05. The minimum Gasteiger partial charge on any atom is -0.385 e. The first kappa shape index (κ1) is 10.2. The highest BCUT2D eigenvalue weighted by Gasteiger charge is 1.96.